The Morgan fingerprint density at radius 1 is 1.03 bits per heavy atom. The molecule has 7 heteroatoms. The molecule has 2 aromatic carbocycles. The fourth-order valence-electron chi connectivity index (χ4n) is 4.16. The van der Waals surface area contributed by atoms with Crippen LogP contribution in [-0.2, 0) is 16.1 Å². The summed E-state index contributed by atoms with van der Waals surface area (Å²) in [5, 5.41) is 3.66. The number of rotatable bonds is 4. The molecule has 0 saturated carbocycles. The fourth-order valence-corrected chi connectivity index (χ4v) is 4.37. The first kappa shape index (κ1) is 20.8. The minimum atomic E-state index is -0.931. The third kappa shape index (κ3) is 4.21. The molecular weight excluding hydrogens is 400 g/mol. The molecule has 2 aromatic rings. The van der Waals surface area contributed by atoms with Crippen LogP contribution in [0.2, 0.25) is 5.02 Å². The van der Waals surface area contributed by atoms with Crippen LogP contribution in [0.15, 0.2) is 48.5 Å². The van der Waals surface area contributed by atoms with Gasteiger partial charge in [0.2, 0.25) is 11.8 Å². The van der Waals surface area contributed by atoms with Gasteiger partial charge in [0.05, 0.1) is 17.9 Å². The molecule has 30 heavy (non-hydrogen) atoms. The quantitative estimate of drug-likeness (QED) is 0.815. The van der Waals surface area contributed by atoms with E-state index >= 15 is 0 Å². The summed E-state index contributed by atoms with van der Waals surface area (Å²) in [6, 6.07) is 15.4. The summed E-state index contributed by atoms with van der Waals surface area (Å²) in [7, 11) is 0. The minimum absolute atomic E-state index is 0.0504. The summed E-state index contributed by atoms with van der Waals surface area (Å²) < 4.78 is 0. The second-order valence-corrected chi connectivity index (χ2v) is 8.88. The van der Waals surface area contributed by atoms with Crippen LogP contribution in [0.1, 0.15) is 19.4 Å². The average molecular weight is 427 g/mol. The van der Waals surface area contributed by atoms with E-state index in [-0.39, 0.29) is 11.8 Å². The van der Waals surface area contributed by atoms with E-state index in [1.165, 1.54) is 5.56 Å². The monoisotopic (exact) mass is 426 g/mol. The highest BCUT2D eigenvalue weighted by atomic mass is 35.5. The van der Waals surface area contributed by atoms with Gasteiger partial charge in [0, 0.05) is 37.7 Å². The lowest BCUT2D eigenvalue weighted by Gasteiger charge is -2.43. The van der Waals surface area contributed by atoms with Crippen LogP contribution in [0, 0.1) is 0 Å². The second kappa shape index (κ2) is 8.38. The van der Waals surface area contributed by atoms with Gasteiger partial charge >= 0.3 is 0 Å². The Morgan fingerprint density at radius 2 is 1.73 bits per heavy atom. The Kier molecular flexibility index (Phi) is 5.82. The van der Waals surface area contributed by atoms with Crippen LogP contribution in [0.25, 0.3) is 0 Å². The van der Waals surface area contributed by atoms with Crippen molar-refractivity contribution in [2.24, 2.45) is 0 Å². The van der Waals surface area contributed by atoms with Crippen molar-refractivity contribution < 1.29 is 9.59 Å². The third-order valence-electron chi connectivity index (χ3n) is 5.88. The van der Waals surface area contributed by atoms with Gasteiger partial charge in [-0.25, -0.2) is 0 Å². The number of carbonyl (C=O) groups is 2. The molecule has 0 aromatic heterocycles. The lowest BCUT2D eigenvalue weighted by molar-refractivity contribution is -0.127. The number of nitrogens with zero attached hydrogens (tertiary/aromatic N) is 3. The summed E-state index contributed by atoms with van der Waals surface area (Å²) in [6.45, 7) is 8.15. The van der Waals surface area contributed by atoms with Gasteiger partial charge < -0.3 is 5.32 Å². The van der Waals surface area contributed by atoms with Crippen molar-refractivity contribution in [3.05, 3.63) is 59.1 Å². The van der Waals surface area contributed by atoms with Crippen LogP contribution in [0.4, 0.5) is 11.4 Å². The zero-order valence-electron chi connectivity index (χ0n) is 17.4. The molecule has 0 atom stereocenters. The molecule has 0 radical (unpaired) electrons. The van der Waals surface area contributed by atoms with E-state index in [9.17, 15) is 9.59 Å². The number of amides is 2. The molecule has 1 saturated heterocycles. The van der Waals surface area contributed by atoms with Gasteiger partial charge in [0.1, 0.15) is 5.54 Å². The maximum atomic E-state index is 13.3. The van der Waals surface area contributed by atoms with Gasteiger partial charge in [0.25, 0.3) is 0 Å². The van der Waals surface area contributed by atoms with Gasteiger partial charge in [-0.2, -0.15) is 0 Å². The maximum Gasteiger partial charge on any atom is 0.250 e. The first-order valence-electron chi connectivity index (χ1n) is 10.3. The highest BCUT2D eigenvalue weighted by Crippen LogP contribution is 2.36. The van der Waals surface area contributed by atoms with E-state index in [4.69, 9.17) is 11.6 Å². The molecule has 158 valence electrons. The number of hydrogen-bond donors (Lipinski definition) is 1. The molecule has 1 fully saturated rings. The minimum Gasteiger partial charge on any atom is -0.322 e. The van der Waals surface area contributed by atoms with Gasteiger partial charge in [-0.15, -0.1) is 0 Å². The summed E-state index contributed by atoms with van der Waals surface area (Å²) in [5.41, 5.74) is 1.71. The number of benzene rings is 2. The molecular formula is C23H27ClN4O2. The summed E-state index contributed by atoms with van der Waals surface area (Å²) in [6.07, 6.45) is 0. The third-order valence-corrected chi connectivity index (χ3v) is 6.11. The van der Waals surface area contributed by atoms with Gasteiger partial charge in [-0.3, -0.25) is 24.3 Å². The Bertz CT molecular complexity index is 954. The van der Waals surface area contributed by atoms with Crippen LogP contribution >= 0.6 is 11.6 Å². The Morgan fingerprint density at radius 3 is 2.47 bits per heavy atom. The first-order chi connectivity index (χ1) is 14.3. The van der Waals surface area contributed by atoms with Crippen molar-refractivity contribution in [3.63, 3.8) is 0 Å². The van der Waals surface area contributed by atoms with E-state index in [0.29, 0.717) is 12.2 Å². The van der Waals surface area contributed by atoms with E-state index in [0.717, 1.165) is 43.4 Å². The number of piperazine rings is 1. The first-order valence-corrected chi connectivity index (χ1v) is 10.6. The van der Waals surface area contributed by atoms with E-state index < -0.39 is 5.54 Å². The van der Waals surface area contributed by atoms with Gasteiger partial charge in [-0.05, 0) is 43.7 Å². The molecule has 2 aliphatic heterocycles. The fraction of sp³-hybridized carbons (Fsp3) is 0.391. The van der Waals surface area contributed by atoms with Crippen molar-refractivity contribution in [2.45, 2.75) is 25.9 Å². The van der Waals surface area contributed by atoms with E-state index in [1.807, 2.05) is 42.5 Å². The standard InChI is InChI=1S/C23H27ClN4O2/c1-23(2)22(30)25-19-8-3-4-9-20(19)28(23)21(29)16-27-12-10-26(11-13-27)15-17-6-5-7-18(24)14-17/h3-9,14H,10-13,15-16H2,1-2H3,(H,25,30). The van der Waals surface area contributed by atoms with Gasteiger partial charge in [0.15, 0.2) is 0 Å². The molecule has 0 bridgehead atoms. The molecule has 0 unspecified atom stereocenters. The van der Waals surface area contributed by atoms with E-state index in [2.05, 4.69) is 21.2 Å². The van der Waals surface area contributed by atoms with Gasteiger partial charge in [-0.1, -0.05) is 35.9 Å². The SMILES string of the molecule is CC1(C)C(=O)Nc2ccccc2N1C(=O)CN1CCN(Cc2cccc(Cl)c2)CC1. The van der Waals surface area contributed by atoms with Crippen molar-refractivity contribution in [1.29, 1.82) is 0 Å². The molecule has 2 amide bonds. The number of anilines is 2. The lowest BCUT2D eigenvalue weighted by atomic mass is 9.96. The molecule has 2 aliphatic rings. The maximum absolute atomic E-state index is 13.3. The summed E-state index contributed by atoms with van der Waals surface area (Å²) in [5.74, 6) is -0.216. The predicted octanol–water partition coefficient (Wildman–Crippen LogP) is 3.22. The van der Waals surface area contributed by atoms with Crippen molar-refractivity contribution >= 4 is 34.8 Å². The molecule has 0 spiro atoms. The normalized spacial score (nSPS) is 19.3. The smallest absolute Gasteiger partial charge is 0.250 e. The molecule has 0 aliphatic carbocycles. The second-order valence-electron chi connectivity index (χ2n) is 8.44. The highest BCUT2D eigenvalue weighted by Gasteiger charge is 2.43. The zero-order chi connectivity index (χ0) is 21.3. The van der Waals surface area contributed by atoms with Crippen LogP contribution in [-0.4, -0.2) is 59.9 Å². The Balaban J connectivity index is 1.39. The topological polar surface area (TPSA) is 55.9 Å². The van der Waals surface area contributed by atoms with Crippen molar-refractivity contribution in [1.82, 2.24) is 9.80 Å². The van der Waals surface area contributed by atoms with Crippen LogP contribution < -0.4 is 10.2 Å². The van der Waals surface area contributed by atoms with E-state index in [1.54, 1.807) is 18.7 Å². The number of nitrogens with one attached hydrogen (secondary N) is 1. The lowest BCUT2D eigenvalue weighted by Crippen LogP contribution is -2.61. The number of para-hydroxylation sites is 2. The zero-order valence-corrected chi connectivity index (χ0v) is 18.2. The number of carbonyl (C=O) groups excluding carboxylic acids is 2. The molecule has 4 rings (SSSR count). The summed E-state index contributed by atoms with van der Waals surface area (Å²) in [4.78, 5) is 32.1. The van der Waals surface area contributed by atoms with Crippen molar-refractivity contribution in [2.75, 3.05) is 42.9 Å². The van der Waals surface area contributed by atoms with Crippen molar-refractivity contribution in [3.8, 4) is 0 Å². The largest absolute Gasteiger partial charge is 0.322 e. The Labute approximate surface area is 182 Å². The number of fused-ring (bicyclic) bond motifs is 1. The molecule has 6 nitrogen and oxygen atoms in total. The molecule has 2 heterocycles. The Hall–Kier alpha value is -2.41. The predicted molar refractivity (Wildman–Crippen MR) is 120 cm³/mol. The number of hydrogen-bond acceptors (Lipinski definition) is 4. The average Bonchev–Trinajstić information content (AvgIpc) is 2.70. The highest BCUT2D eigenvalue weighted by molar-refractivity contribution is 6.30. The summed E-state index contributed by atoms with van der Waals surface area (Å²) >= 11 is 6.09. The number of halogens is 1. The van der Waals surface area contributed by atoms with Crippen LogP contribution in [0.3, 0.4) is 0 Å². The molecule has 1 N–H and O–H groups in total. The van der Waals surface area contributed by atoms with Crippen LogP contribution in [0.5, 0.6) is 0 Å².